The third-order valence-electron chi connectivity index (χ3n) is 6.40. The molecule has 1 saturated carbocycles. The normalized spacial score (nSPS) is 23.8. The molecule has 2 fully saturated rings. The number of hydrogen-bond donors (Lipinski definition) is 1. The molecule has 1 spiro atoms. The van der Waals surface area contributed by atoms with Gasteiger partial charge in [0.05, 0.1) is 12.8 Å². The SMILES string of the molecule is O=C(CC1CC2(CCN(Cc3ccco3)CC2)Oc2ccccc21)NC1CC1. The third-order valence-corrected chi connectivity index (χ3v) is 6.40. The largest absolute Gasteiger partial charge is 0.487 e. The van der Waals surface area contributed by atoms with Crippen molar-refractivity contribution in [3.05, 3.63) is 54.0 Å². The fraction of sp³-hybridized carbons (Fsp3) is 0.522. The minimum Gasteiger partial charge on any atom is -0.487 e. The number of nitrogens with zero attached hydrogens (tertiary/aromatic N) is 1. The van der Waals surface area contributed by atoms with E-state index < -0.39 is 0 Å². The Balaban J connectivity index is 1.28. The van der Waals surface area contributed by atoms with Crippen molar-refractivity contribution in [1.82, 2.24) is 10.2 Å². The summed E-state index contributed by atoms with van der Waals surface area (Å²) in [7, 11) is 0. The highest BCUT2D eigenvalue weighted by Crippen LogP contribution is 2.46. The third kappa shape index (κ3) is 3.81. The number of piperidine rings is 1. The molecule has 2 aromatic rings. The maximum absolute atomic E-state index is 12.5. The summed E-state index contributed by atoms with van der Waals surface area (Å²) in [5, 5.41) is 3.16. The quantitative estimate of drug-likeness (QED) is 0.856. The number of amides is 1. The topological polar surface area (TPSA) is 54.7 Å². The number of carbonyl (C=O) groups is 1. The Morgan fingerprint density at radius 2 is 1.96 bits per heavy atom. The van der Waals surface area contributed by atoms with E-state index in [-0.39, 0.29) is 17.4 Å². The average molecular weight is 380 g/mol. The molecule has 5 rings (SSSR count). The van der Waals surface area contributed by atoms with E-state index in [9.17, 15) is 4.79 Å². The van der Waals surface area contributed by atoms with Crippen LogP contribution in [0, 0.1) is 0 Å². The zero-order chi connectivity index (χ0) is 19.0. The molecule has 1 aromatic carbocycles. The Kier molecular flexibility index (Phi) is 4.63. The van der Waals surface area contributed by atoms with Gasteiger partial charge in [0.15, 0.2) is 0 Å². The van der Waals surface area contributed by atoms with Gasteiger partial charge in [0.1, 0.15) is 17.1 Å². The van der Waals surface area contributed by atoms with Crippen LogP contribution >= 0.6 is 0 Å². The lowest BCUT2D eigenvalue weighted by Gasteiger charge is -2.46. The van der Waals surface area contributed by atoms with Crippen LogP contribution in [-0.4, -0.2) is 35.5 Å². The van der Waals surface area contributed by atoms with Gasteiger partial charge in [-0.2, -0.15) is 0 Å². The summed E-state index contributed by atoms with van der Waals surface area (Å²) in [4.78, 5) is 14.9. The van der Waals surface area contributed by atoms with Crippen molar-refractivity contribution < 1.29 is 13.9 Å². The molecule has 1 aliphatic carbocycles. The van der Waals surface area contributed by atoms with E-state index in [1.165, 1.54) is 5.56 Å². The summed E-state index contributed by atoms with van der Waals surface area (Å²) < 4.78 is 12.1. The number of para-hydroxylation sites is 1. The van der Waals surface area contributed by atoms with Gasteiger partial charge in [-0.3, -0.25) is 9.69 Å². The maximum Gasteiger partial charge on any atom is 0.220 e. The summed E-state index contributed by atoms with van der Waals surface area (Å²) >= 11 is 0. The van der Waals surface area contributed by atoms with E-state index in [2.05, 4.69) is 28.4 Å². The van der Waals surface area contributed by atoms with Crippen molar-refractivity contribution in [3.8, 4) is 5.75 Å². The molecule has 28 heavy (non-hydrogen) atoms. The molecule has 1 atom stereocenters. The van der Waals surface area contributed by atoms with Crippen molar-refractivity contribution >= 4 is 5.91 Å². The molecule has 3 aliphatic rings. The summed E-state index contributed by atoms with van der Waals surface area (Å²) in [6.07, 6.45) is 7.47. The van der Waals surface area contributed by atoms with Crippen LogP contribution < -0.4 is 10.1 Å². The highest BCUT2D eigenvalue weighted by atomic mass is 16.5. The molecule has 1 aromatic heterocycles. The first kappa shape index (κ1) is 17.8. The lowest BCUT2D eigenvalue weighted by molar-refractivity contribution is -0.122. The molecule has 1 unspecified atom stereocenters. The van der Waals surface area contributed by atoms with Crippen LogP contribution in [0.5, 0.6) is 5.75 Å². The van der Waals surface area contributed by atoms with Crippen molar-refractivity contribution in [2.45, 2.75) is 62.6 Å². The van der Waals surface area contributed by atoms with E-state index in [0.717, 1.165) is 63.2 Å². The van der Waals surface area contributed by atoms with Crippen LogP contribution in [0.4, 0.5) is 0 Å². The summed E-state index contributed by atoms with van der Waals surface area (Å²) in [6, 6.07) is 12.7. The number of fused-ring (bicyclic) bond motifs is 1. The number of likely N-dealkylation sites (tertiary alicyclic amines) is 1. The van der Waals surface area contributed by atoms with Gasteiger partial charge in [-0.05, 0) is 55.9 Å². The molecule has 5 nitrogen and oxygen atoms in total. The summed E-state index contributed by atoms with van der Waals surface area (Å²) in [6.45, 7) is 2.83. The van der Waals surface area contributed by atoms with Gasteiger partial charge in [-0.15, -0.1) is 0 Å². The number of rotatable bonds is 5. The minimum absolute atomic E-state index is 0.154. The Labute approximate surface area is 166 Å². The molecule has 1 saturated heterocycles. The summed E-state index contributed by atoms with van der Waals surface area (Å²) in [5.74, 6) is 2.41. The van der Waals surface area contributed by atoms with Gasteiger partial charge < -0.3 is 14.5 Å². The van der Waals surface area contributed by atoms with Crippen molar-refractivity contribution in [3.63, 3.8) is 0 Å². The second-order valence-corrected chi connectivity index (χ2v) is 8.63. The van der Waals surface area contributed by atoms with Gasteiger partial charge in [-0.25, -0.2) is 0 Å². The molecular weight excluding hydrogens is 352 g/mol. The van der Waals surface area contributed by atoms with Gasteiger partial charge in [0.25, 0.3) is 0 Å². The molecule has 2 aliphatic heterocycles. The number of carbonyl (C=O) groups excluding carboxylic acids is 1. The number of nitrogens with one attached hydrogen (secondary N) is 1. The second-order valence-electron chi connectivity index (χ2n) is 8.63. The highest BCUT2D eigenvalue weighted by Gasteiger charge is 2.43. The molecule has 5 heteroatoms. The van der Waals surface area contributed by atoms with Gasteiger partial charge in [-0.1, -0.05) is 18.2 Å². The van der Waals surface area contributed by atoms with E-state index in [4.69, 9.17) is 9.15 Å². The first-order chi connectivity index (χ1) is 13.7. The molecule has 3 heterocycles. The monoisotopic (exact) mass is 380 g/mol. The van der Waals surface area contributed by atoms with Crippen LogP contribution in [-0.2, 0) is 11.3 Å². The van der Waals surface area contributed by atoms with E-state index in [1.54, 1.807) is 6.26 Å². The lowest BCUT2D eigenvalue weighted by Crippen LogP contribution is -2.50. The van der Waals surface area contributed by atoms with Crippen LogP contribution in [0.1, 0.15) is 55.8 Å². The smallest absolute Gasteiger partial charge is 0.220 e. The standard InChI is InChI=1S/C23H28N2O3/c26-22(24-18-7-8-18)14-17-15-23(28-21-6-2-1-5-20(17)21)9-11-25(12-10-23)16-19-4-3-13-27-19/h1-6,13,17-18H,7-12,14-16H2,(H,24,26). The Morgan fingerprint density at radius 3 is 2.71 bits per heavy atom. The predicted octanol–water partition coefficient (Wildman–Crippen LogP) is 3.85. The van der Waals surface area contributed by atoms with E-state index in [0.29, 0.717) is 12.5 Å². The number of hydrogen-bond acceptors (Lipinski definition) is 4. The average Bonchev–Trinajstić information content (AvgIpc) is 3.35. The molecule has 0 radical (unpaired) electrons. The number of furan rings is 1. The van der Waals surface area contributed by atoms with E-state index >= 15 is 0 Å². The van der Waals surface area contributed by atoms with Crippen molar-refractivity contribution in [2.24, 2.45) is 0 Å². The molecular formula is C23H28N2O3. The Morgan fingerprint density at radius 1 is 1.14 bits per heavy atom. The zero-order valence-corrected chi connectivity index (χ0v) is 16.2. The van der Waals surface area contributed by atoms with Crippen LogP contribution in [0.15, 0.2) is 47.1 Å². The predicted molar refractivity (Wildman–Crippen MR) is 106 cm³/mol. The van der Waals surface area contributed by atoms with Crippen LogP contribution in [0.2, 0.25) is 0 Å². The Hall–Kier alpha value is -2.27. The first-order valence-corrected chi connectivity index (χ1v) is 10.5. The van der Waals surface area contributed by atoms with Crippen LogP contribution in [0.3, 0.4) is 0 Å². The maximum atomic E-state index is 12.5. The number of ether oxygens (including phenoxy) is 1. The molecule has 148 valence electrons. The lowest BCUT2D eigenvalue weighted by atomic mass is 9.76. The van der Waals surface area contributed by atoms with Crippen molar-refractivity contribution in [1.29, 1.82) is 0 Å². The van der Waals surface area contributed by atoms with Crippen LogP contribution in [0.25, 0.3) is 0 Å². The minimum atomic E-state index is -0.154. The Bertz CT molecular complexity index is 820. The fourth-order valence-electron chi connectivity index (χ4n) is 4.71. The fourth-order valence-corrected chi connectivity index (χ4v) is 4.71. The van der Waals surface area contributed by atoms with E-state index in [1.807, 2.05) is 18.2 Å². The van der Waals surface area contributed by atoms with Gasteiger partial charge >= 0.3 is 0 Å². The zero-order valence-electron chi connectivity index (χ0n) is 16.2. The molecule has 1 amide bonds. The van der Waals surface area contributed by atoms with Gasteiger partial charge in [0.2, 0.25) is 5.91 Å². The molecule has 1 N–H and O–H groups in total. The van der Waals surface area contributed by atoms with Crippen molar-refractivity contribution in [2.75, 3.05) is 13.1 Å². The number of benzene rings is 1. The summed E-state index contributed by atoms with van der Waals surface area (Å²) in [5.41, 5.74) is 1.04. The van der Waals surface area contributed by atoms with Gasteiger partial charge in [0, 0.05) is 31.5 Å². The molecule has 0 bridgehead atoms. The highest BCUT2D eigenvalue weighted by molar-refractivity contribution is 5.77. The second kappa shape index (κ2) is 7.28. The first-order valence-electron chi connectivity index (χ1n) is 10.5.